The molecule has 0 aliphatic rings. The fourth-order valence-corrected chi connectivity index (χ4v) is 1.31. The van der Waals surface area contributed by atoms with Crippen molar-refractivity contribution in [3.63, 3.8) is 0 Å². The Morgan fingerprint density at radius 3 is 2.59 bits per heavy atom. The molecule has 0 aliphatic carbocycles. The number of esters is 1. The monoisotopic (exact) mass is 232 g/mol. The number of rotatable bonds is 4. The van der Waals surface area contributed by atoms with Crippen molar-refractivity contribution in [1.82, 2.24) is 0 Å². The predicted molar refractivity (Wildman–Crippen MR) is 61.2 cm³/mol. The van der Waals surface area contributed by atoms with E-state index in [9.17, 15) is 4.79 Å². The number of benzene rings is 1. The molecule has 1 heterocycles. The van der Waals surface area contributed by atoms with Crippen molar-refractivity contribution in [2.75, 3.05) is 6.61 Å². The van der Waals surface area contributed by atoms with E-state index < -0.39 is 0 Å². The maximum Gasteiger partial charge on any atom is 0.338 e. The molecule has 88 valence electrons. The van der Waals surface area contributed by atoms with E-state index in [0.29, 0.717) is 23.9 Å². The van der Waals surface area contributed by atoms with Crippen LogP contribution in [0.4, 0.5) is 0 Å². The summed E-state index contributed by atoms with van der Waals surface area (Å²) in [5, 5.41) is 0. The molecule has 2 rings (SSSR count). The minimum Gasteiger partial charge on any atom is -0.462 e. The van der Waals surface area contributed by atoms with Crippen LogP contribution in [-0.2, 0) is 4.74 Å². The number of carbonyl (C=O) groups excluding carboxylic acids is 1. The van der Waals surface area contributed by atoms with Gasteiger partial charge in [-0.25, -0.2) is 4.79 Å². The van der Waals surface area contributed by atoms with Gasteiger partial charge in [-0.3, -0.25) is 0 Å². The van der Waals surface area contributed by atoms with Gasteiger partial charge in [-0.2, -0.15) is 0 Å². The minimum atomic E-state index is -0.336. The van der Waals surface area contributed by atoms with Gasteiger partial charge in [-0.1, -0.05) is 0 Å². The van der Waals surface area contributed by atoms with Crippen LogP contribution in [0.1, 0.15) is 17.3 Å². The largest absolute Gasteiger partial charge is 0.462 e. The van der Waals surface area contributed by atoms with Crippen LogP contribution in [0, 0.1) is 0 Å². The molecule has 4 heteroatoms. The lowest BCUT2D eigenvalue weighted by Gasteiger charge is -2.04. The Labute approximate surface area is 98.8 Å². The lowest BCUT2D eigenvalue weighted by atomic mass is 10.2. The first-order valence-corrected chi connectivity index (χ1v) is 5.28. The van der Waals surface area contributed by atoms with E-state index in [1.807, 2.05) is 0 Å². The van der Waals surface area contributed by atoms with Crippen molar-refractivity contribution >= 4 is 5.97 Å². The summed E-state index contributed by atoms with van der Waals surface area (Å²) in [5.41, 5.74) is 0.499. The van der Waals surface area contributed by atoms with E-state index in [0.717, 1.165) is 0 Å². The van der Waals surface area contributed by atoms with E-state index in [2.05, 4.69) is 0 Å². The zero-order valence-corrected chi connectivity index (χ0v) is 9.38. The molecule has 1 aromatic carbocycles. The Hall–Kier alpha value is -2.23. The van der Waals surface area contributed by atoms with Crippen molar-refractivity contribution in [2.45, 2.75) is 6.92 Å². The minimum absolute atomic E-state index is 0.336. The van der Waals surface area contributed by atoms with Gasteiger partial charge in [0, 0.05) is 6.07 Å². The standard InChI is InChI=1S/C13H12O4/c1-2-15-13(14)10-5-7-11(8-6-10)17-12-4-3-9-16-12/h3-9H,2H2,1H3. The summed E-state index contributed by atoms with van der Waals surface area (Å²) in [6, 6.07) is 10.1. The molecule has 0 radical (unpaired) electrons. The van der Waals surface area contributed by atoms with E-state index in [1.54, 1.807) is 43.3 Å². The lowest BCUT2D eigenvalue weighted by molar-refractivity contribution is 0.0526. The van der Waals surface area contributed by atoms with Gasteiger partial charge in [-0.05, 0) is 37.3 Å². The van der Waals surface area contributed by atoms with Gasteiger partial charge in [-0.15, -0.1) is 0 Å². The molecule has 0 bridgehead atoms. The first kappa shape index (κ1) is 11.3. The smallest absolute Gasteiger partial charge is 0.338 e. The van der Waals surface area contributed by atoms with Crippen LogP contribution < -0.4 is 4.74 Å². The molecule has 0 spiro atoms. The number of carbonyl (C=O) groups is 1. The molecule has 0 aliphatic heterocycles. The normalized spacial score (nSPS) is 9.94. The predicted octanol–water partition coefficient (Wildman–Crippen LogP) is 3.25. The van der Waals surface area contributed by atoms with Gasteiger partial charge >= 0.3 is 5.97 Å². The summed E-state index contributed by atoms with van der Waals surface area (Å²) in [6.45, 7) is 2.13. The molecule has 0 fully saturated rings. The lowest BCUT2D eigenvalue weighted by Crippen LogP contribution is -2.03. The van der Waals surface area contributed by atoms with Gasteiger partial charge in [0.2, 0.25) is 0 Å². The third-order valence-electron chi connectivity index (χ3n) is 2.08. The van der Waals surface area contributed by atoms with Crippen LogP contribution in [0.15, 0.2) is 47.1 Å². The molecule has 0 saturated carbocycles. The molecular weight excluding hydrogens is 220 g/mol. The zero-order valence-electron chi connectivity index (χ0n) is 9.38. The van der Waals surface area contributed by atoms with E-state index in [4.69, 9.17) is 13.9 Å². The van der Waals surface area contributed by atoms with Crippen LogP contribution in [0.25, 0.3) is 0 Å². The Morgan fingerprint density at radius 1 is 1.24 bits per heavy atom. The van der Waals surface area contributed by atoms with Crippen molar-refractivity contribution in [1.29, 1.82) is 0 Å². The third kappa shape index (κ3) is 2.87. The van der Waals surface area contributed by atoms with Crippen molar-refractivity contribution in [2.24, 2.45) is 0 Å². The quantitative estimate of drug-likeness (QED) is 0.759. The summed E-state index contributed by atoms with van der Waals surface area (Å²) in [6.07, 6.45) is 1.53. The average Bonchev–Trinajstić information content (AvgIpc) is 2.83. The fourth-order valence-electron chi connectivity index (χ4n) is 1.31. The van der Waals surface area contributed by atoms with E-state index in [-0.39, 0.29) is 5.97 Å². The summed E-state index contributed by atoms with van der Waals surface area (Å²) in [5.74, 6) is 0.680. The zero-order chi connectivity index (χ0) is 12.1. The Balaban J connectivity index is 2.05. The fraction of sp³-hybridized carbons (Fsp3) is 0.154. The molecular formula is C13H12O4. The topological polar surface area (TPSA) is 48.7 Å². The number of furan rings is 1. The van der Waals surface area contributed by atoms with Crippen LogP contribution >= 0.6 is 0 Å². The van der Waals surface area contributed by atoms with Gasteiger partial charge in [0.05, 0.1) is 18.4 Å². The number of ether oxygens (including phenoxy) is 2. The molecule has 0 amide bonds. The highest BCUT2D eigenvalue weighted by Crippen LogP contribution is 2.21. The van der Waals surface area contributed by atoms with Crippen LogP contribution in [0.2, 0.25) is 0 Å². The van der Waals surface area contributed by atoms with Gasteiger partial charge in [0.25, 0.3) is 5.95 Å². The molecule has 0 saturated heterocycles. The molecule has 0 unspecified atom stereocenters. The van der Waals surface area contributed by atoms with E-state index >= 15 is 0 Å². The van der Waals surface area contributed by atoms with Crippen LogP contribution in [-0.4, -0.2) is 12.6 Å². The summed E-state index contributed by atoms with van der Waals surface area (Å²) in [7, 11) is 0. The maximum absolute atomic E-state index is 11.4. The maximum atomic E-state index is 11.4. The molecule has 17 heavy (non-hydrogen) atoms. The average molecular weight is 232 g/mol. The summed E-state index contributed by atoms with van der Waals surface area (Å²) < 4.78 is 15.3. The van der Waals surface area contributed by atoms with E-state index in [1.165, 1.54) is 6.26 Å². The van der Waals surface area contributed by atoms with Crippen molar-refractivity contribution in [3.05, 3.63) is 48.2 Å². The highest BCUT2D eigenvalue weighted by molar-refractivity contribution is 5.89. The first-order valence-electron chi connectivity index (χ1n) is 5.28. The van der Waals surface area contributed by atoms with Crippen LogP contribution in [0.3, 0.4) is 0 Å². The Bertz CT molecular complexity index is 471. The number of hydrogen-bond acceptors (Lipinski definition) is 4. The summed E-state index contributed by atoms with van der Waals surface area (Å²) in [4.78, 5) is 11.4. The second kappa shape index (κ2) is 5.21. The highest BCUT2D eigenvalue weighted by atomic mass is 16.6. The van der Waals surface area contributed by atoms with Crippen molar-refractivity contribution in [3.8, 4) is 11.7 Å². The molecule has 2 aromatic rings. The second-order valence-corrected chi connectivity index (χ2v) is 3.28. The molecule has 0 N–H and O–H groups in total. The van der Waals surface area contributed by atoms with Gasteiger partial charge in [0.1, 0.15) is 5.75 Å². The Morgan fingerprint density at radius 2 is 2.00 bits per heavy atom. The number of hydrogen-bond donors (Lipinski definition) is 0. The van der Waals surface area contributed by atoms with Gasteiger partial charge < -0.3 is 13.9 Å². The SMILES string of the molecule is CCOC(=O)c1ccc(Oc2ccco2)cc1. The van der Waals surface area contributed by atoms with Crippen molar-refractivity contribution < 1.29 is 18.7 Å². The van der Waals surface area contributed by atoms with Crippen LogP contribution in [0.5, 0.6) is 11.7 Å². The molecule has 4 nitrogen and oxygen atoms in total. The third-order valence-corrected chi connectivity index (χ3v) is 2.08. The molecule has 0 atom stereocenters. The Kier molecular flexibility index (Phi) is 3.45. The van der Waals surface area contributed by atoms with Gasteiger partial charge in [0.15, 0.2) is 0 Å². The highest BCUT2D eigenvalue weighted by Gasteiger charge is 2.06. The summed E-state index contributed by atoms with van der Waals surface area (Å²) >= 11 is 0. The molecule has 1 aromatic heterocycles. The first-order chi connectivity index (χ1) is 8.29. The second-order valence-electron chi connectivity index (χ2n) is 3.28.